The molecule has 140 valence electrons. The first-order valence-corrected chi connectivity index (χ1v) is 9.91. The number of hydrogen-bond acceptors (Lipinski definition) is 5. The maximum Gasteiger partial charge on any atom is 0.166 e. The van der Waals surface area contributed by atoms with Gasteiger partial charge in [0.25, 0.3) is 0 Å². The Morgan fingerprint density at radius 3 is 2.68 bits per heavy atom. The third-order valence-corrected chi connectivity index (χ3v) is 4.28. The van der Waals surface area contributed by atoms with E-state index in [2.05, 4.69) is 25.5 Å². The summed E-state index contributed by atoms with van der Waals surface area (Å²) in [5, 5.41) is 9.91. The van der Waals surface area contributed by atoms with Crippen LogP contribution in [0.1, 0.15) is 17.9 Å². The molecule has 2 rings (SSSR count). The minimum absolute atomic E-state index is 0.722. The molecule has 0 fully saturated rings. The van der Waals surface area contributed by atoms with Crippen LogP contribution in [0.25, 0.3) is 0 Å². The lowest BCUT2D eigenvalue weighted by molar-refractivity contribution is 0.501. The molecule has 2 heterocycles. The normalized spacial score (nSPS) is 10.0. The Kier molecular flexibility index (Phi) is 11.8. The Morgan fingerprint density at radius 2 is 2.04 bits per heavy atom. The number of thiocarbonyl (C=S) groups is 1. The molecule has 0 aliphatic carbocycles. The highest BCUT2D eigenvalue weighted by Gasteiger charge is 1.99. The number of imidazole rings is 1. The molecule has 0 bridgehead atoms. The van der Waals surface area contributed by atoms with E-state index in [1.54, 1.807) is 6.20 Å². The van der Waals surface area contributed by atoms with Crippen LogP contribution in [-0.2, 0) is 12.3 Å². The van der Waals surface area contributed by atoms with Gasteiger partial charge in [-0.2, -0.15) is 11.8 Å². The zero-order valence-electron chi connectivity index (χ0n) is 15.2. The average molecular weight is 384 g/mol. The van der Waals surface area contributed by atoms with Crippen LogP contribution in [-0.4, -0.2) is 47.6 Å². The van der Waals surface area contributed by atoms with Crippen molar-refractivity contribution in [3.8, 4) is 0 Å². The Bertz CT molecular complexity index is 571. The third kappa shape index (κ3) is 10.9. The number of thioether (sulfide) groups is 1. The van der Waals surface area contributed by atoms with Crippen molar-refractivity contribution in [3.05, 3.63) is 42.4 Å². The molecule has 25 heavy (non-hydrogen) atoms. The lowest BCUT2D eigenvalue weighted by Crippen LogP contribution is -2.37. The number of nitrogens with zero attached hydrogens (tertiary/aromatic N) is 2. The third-order valence-electron chi connectivity index (χ3n) is 3.01. The summed E-state index contributed by atoms with van der Waals surface area (Å²) in [6.07, 6.45) is 6.61. The Morgan fingerprint density at radius 1 is 1.28 bits per heavy atom. The summed E-state index contributed by atoms with van der Waals surface area (Å²) in [4.78, 5) is 4.01. The molecule has 0 radical (unpaired) electrons. The van der Waals surface area contributed by atoms with Gasteiger partial charge in [0, 0.05) is 37.8 Å². The molecular formula is C17H29N5OS2. The zero-order chi connectivity index (χ0) is 18.3. The van der Waals surface area contributed by atoms with E-state index in [0.717, 1.165) is 54.2 Å². The van der Waals surface area contributed by atoms with Crippen molar-refractivity contribution < 1.29 is 4.42 Å². The van der Waals surface area contributed by atoms with Crippen LogP contribution in [0.4, 0.5) is 0 Å². The largest absolute Gasteiger partial charge is 0.466 e. The van der Waals surface area contributed by atoms with Crippen LogP contribution >= 0.6 is 24.0 Å². The highest BCUT2D eigenvalue weighted by Crippen LogP contribution is 2.14. The molecule has 0 amide bonds. The van der Waals surface area contributed by atoms with E-state index in [1.165, 1.54) is 0 Å². The maximum absolute atomic E-state index is 5.52. The fourth-order valence-corrected chi connectivity index (χ4v) is 2.87. The van der Waals surface area contributed by atoms with E-state index in [-0.39, 0.29) is 0 Å². The molecule has 0 saturated heterocycles. The molecule has 0 aliphatic rings. The molecule has 0 spiro atoms. The van der Waals surface area contributed by atoms with Gasteiger partial charge in [-0.25, -0.2) is 4.98 Å². The molecule has 3 N–H and O–H groups in total. The quantitative estimate of drug-likeness (QED) is 0.454. The fourth-order valence-electron chi connectivity index (χ4n) is 1.92. The topological polar surface area (TPSA) is 67.0 Å². The van der Waals surface area contributed by atoms with Crippen LogP contribution in [0.15, 0.2) is 35.3 Å². The van der Waals surface area contributed by atoms with E-state index < -0.39 is 0 Å². The maximum atomic E-state index is 5.52. The molecule has 0 atom stereocenters. The fraction of sp³-hybridized carbons (Fsp3) is 0.529. The number of aryl methyl sites for hydroxylation is 2. The standard InChI is InChI=1S/C15H22N4OS2.C2H7N/c1-13-3-4-14(20-13)11-22-10-7-18-15(21)17-5-2-8-19-9-6-16-12-19;1-3-2/h3-4,6,9,12H,2,5,7-8,10-11H2,1H3,(H2,17,18,21);3H,1-2H3. The summed E-state index contributed by atoms with van der Waals surface area (Å²) in [7, 11) is 3.75. The van der Waals surface area contributed by atoms with E-state index in [1.807, 2.05) is 57.4 Å². The van der Waals surface area contributed by atoms with Gasteiger partial charge >= 0.3 is 0 Å². The molecule has 2 aromatic heterocycles. The number of hydrogen-bond donors (Lipinski definition) is 3. The lowest BCUT2D eigenvalue weighted by Gasteiger charge is -2.10. The summed E-state index contributed by atoms with van der Waals surface area (Å²) in [6, 6.07) is 4.03. The Labute approximate surface area is 160 Å². The molecule has 6 nitrogen and oxygen atoms in total. The van der Waals surface area contributed by atoms with Crippen molar-refractivity contribution in [2.24, 2.45) is 0 Å². The van der Waals surface area contributed by atoms with Crippen LogP contribution in [0.5, 0.6) is 0 Å². The summed E-state index contributed by atoms with van der Waals surface area (Å²) in [6.45, 7) is 4.64. The predicted octanol–water partition coefficient (Wildman–Crippen LogP) is 2.41. The van der Waals surface area contributed by atoms with E-state index in [9.17, 15) is 0 Å². The highest BCUT2D eigenvalue weighted by molar-refractivity contribution is 7.98. The van der Waals surface area contributed by atoms with Gasteiger partial charge in [-0.15, -0.1) is 0 Å². The minimum atomic E-state index is 0.722. The van der Waals surface area contributed by atoms with Gasteiger partial charge < -0.3 is 24.9 Å². The monoisotopic (exact) mass is 383 g/mol. The van der Waals surface area contributed by atoms with Crippen molar-refractivity contribution in [3.63, 3.8) is 0 Å². The van der Waals surface area contributed by atoms with Gasteiger partial charge in [0.1, 0.15) is 11.5 Å². The first-order valence-electron chi connectivity index (χ1n) is 8.34. The van der Waals surface area contributed by atoms with Crippen LogP contribution in [0.2, 0.25) is 0 Å². The number of rotatable bonds is 9. The van der Waals surface area contributed by atoms with Gasteiger partial charge in [-0.3, -0.25) is 0 Å². The van der Waals surface area contributed by atoms with Crippen molar-refractivity contribution in [1.29, 1.82) is 0 Å². The van der Waals surface area contributed by atoms with Crippen molar-refractivity contribution >= 4 is 29.1 Å². The minimum Gasteiger partial charge on any atom is -0.466 e. The van der Waals surface area contributed by atoms with E-state index >= 15 is 0 Å². The molecule has 0 aliphatic heterocycles. The molecule has 2 aromatic rings. The second-order valence-corrected chi connectivity index (χ2v) is 6.92. The lowest BCUT2D eigenvalue weighted by atomic mass is 10.4. The molecule has 0 saturated carbocycles. The van der Waals surface area contributed by atoms with E-state index in [4.69, 9.17) is 16.6 Å². The van der Waals surface area contributed by atoms with Crippen molar-refractivity contribution in [1.82, 2.24) is 25.5 Å². The van der Waals surface area contributed by atoms with Gasteiger partial charge in [-0.1, -0.05) is 0 Å². The Balaban J connectivity index is 0.000000970. The van der Waals surface area contributed by atoms with Crippen LogP contribution in [0.3, 0.4) is 0 Å². The first kappa shape index (κ1) is 21.5. The van der Waals surface area contributed by atoms with Crippen LogP contribution < -0.4 is 16.0 Å². The zero-order valence-corrected chi connectivity index (χ0v) is 16.9. The summed E-state index contributed by atoms with van der Waals surface area (Å²) in [5.74, 6) is 3.90. The second kappa shape index (κ2) is 13.7. The SMILES string of the molecule is CNC.Cc1ccc(CSCCNC(=S)NCCCn2ccnc2)o1. The molecule has 8 heteroatoms. The summed E-state index contributed by atoms with van der Waals surface area (Å²) in [5.41, 5.74) is 0. The van der Waals surface area contributed by atoms with Gasteiger partial charge in [0.2, 0.25) is 0 Å². The van der Waals surface area contributed by atoms with Crippen molar-refractivity contribution in [2.75, 3.05) is 32.9 Å². The number of furan rings is 1. The smallest absolute Gasteiger partial charge is 0.166 e. The van der Waals surface area contributed by atoms with Crippen LogP contribution in [0, 0.1) is 6.92 Å². The second-order valence-electron chi connectivity index (χ2n) is 5.40. The van der Waals surface area contributed by atoms with E-state index in [0.29, 0.717) is 0 Å². The molecule has 0 unspecified atom stereocenters. The van der Waals surface area contributed by atoms with Gasteiger partial charge in [0.05, 0.1) is 12.1 Å². The highest BCUT2D eigenvalue weighted by atomic mass is 32.2. The molecular weight excluding hydrogens is 354 g/mol. The summed E-state index contributed by atoms with van der Waals surface area (Å²) < 4.78 is 7.58. The average Bonchev–Trinajstić information content (AvgIpc) is 3.24. The first-order chi connectivity index (χ1) is 12.2. The van der Waals surface area contributed by atoms with Gasteiger partial charge in [0.15, 0.2) is 5.11 Å². The number of nitrogens with one attached hydrogen (secondary N) is 3. The van der Waals surface area contributed by atoms with Crippen molar-refractivity contribution in [2.45, 2.75) is 25.6 Å². The molecule has 0 aromatic carbocycles. The Hall–Kier alpha value is -1.51. The summed E-state index contributed by atoms with van der Waals surface area (Å²) >= 11 is 7.08. The van der Waals surface area contributed by atoms with Gasteiger partial charge in [-0.05, 0) is 51.8 Å². The predicted molar refractivity (Wildman–Crippen MR) is 110 cm³/mol. The number of aromatic nitrogens is 2.